The number of hydrogen-bond acceptors (Lipinski definition) is 5. The van der Waals surface area contributed by atoms with Crippen LogP contribution in [0.15, 0.2) is 0 Å². The Morgan fingerprint density at radius 3 is 2.31 bits per heavy atom. The SMILES string of the molecule is COCC(C)(CC(=N)CC(=O)O)C(=O)OC. The molecule has 0 bridgehead atoms. The van der Waals surface area contributed by atoms with Crippen molar-refractivity contribution in [3.8, 4) is 0 Å². The van der Waals surface area contributed by atoms with Crippen LogP contribution in [0.25, 0.3) is 0 Å². The summed E-state index contributed by atoms with van der Waals surface area (Å²) in [6.07, 6.45) is -0.365. The van der Waals surface area contributed by atoms with Gasteiger partial charge in [0.25, 0.3) is 0 Å². The normalized spacial score (nSPS) is 13.9. The van der Waals surface area contributed by atoms with Gasteiger partial charge in [-0.3, -0.25) is 9.59 Å². The van der Waals surface area contributed by atoms with Crippen molar-refractivity contribution in [3.63, 3.8) is 0 Å². The van der Waals surface area contributed by atoms with E-state index in [0.717, 1.165) is 0 Å². The monoisotopic (exact) mass is 231 g/mol. The molecule has 0 heterocycles. The average molecular weight is 231 g/mol. The van der Waals surface area contributed by atoms with Crippen LogP contribution in [0.4, 0.5) is 0 Å². The summed E-state index contributed by atoms with van der Waals surface area (Å²) in [7, 11) is 2.68. The smallest absolute Gasteiger partial charge is 0.314 e. The number of carbonyl (C=O) groups is 2. The van der Waals surface area contributed by atoms with E-state index in [1.165, 1.54) is 14.2 Å². The maximum atomic E-state index is 11.5. The topological polar surface area (TPSA) is 96.7 Å². The zero-order valence-electron chi connectivity index (χ0n) is 9.70. The first kappa shape index (κ1) is 14.6. The molecule has 0 rings (SSSR count). The Kier molecular flexibility index (Phi) is 5.66. The van der Waals surface area contributed by atoms with Crippen LogP contribution in [-0.4, -0.2) is 43.6 Å². The molecule has 0 aliphatic rings. The third-order valence-electron chi connectivity index (χ3n) is 2.11. The highest BCUT2D eigenvalue weighted by Crippen LogP contribution is 2.24. The van der Waals surface area contributed by atoms with Crippen molar-refractivity contribution in [3.05, 3.63) is 0 Å². The molecule has 6 nitrogen and oxygen atoms in total. The van der Waals surface area contributed by atoms with Crippen LogP contribution in [-0.2, 0) is 19.1 Å². The molecule has 0 saturated heterocycles. The average Bonchev–Trinajstić information content (AvgIpc) is 2.15. The van der Waals surface area contributed by atoms with E-state index in [1.807, 2.05) is 0 Å². The second-order valence-electron chi connectivity index (χ2n) is 3.84. The first-order valence-electron chi connectivity index (χ1n) is 4.71. The molecule has 6 heteroatoms. The Morgan fingerprint density at radius 2 is 1.94 bits per heavy atom. The van der Waals surface area contributed by atoms with E-state index < -0.39 is 17.4 Å². The highest BCUT2D eigenvalue weighted by Gasteiger charge is 2.36. The second-order valence-corrected chi connectivity index (χ2v) is 3.84. The van der Waals surface area contributed by atoms with Crippen LogP contribution in [0.3, 0.4) is 0 Å². The zero-order valence-corrected chi connectivity index (χ0v) is 9.70. The van der Waals surface area contributed by atoms with E-state index in [-0.39, 0.29) is 25.2 Å². The van der Waals surface area contributed by atoms with Gasteiger partial charge in [-0.2, -0.15) is 0 Å². The molecule has 1 atom stereocenters. The van der Waals surface area contributed by atoms with Gasteiger partial charge in [0.1, 0.15) is 0 Å². The summed E-state index contributed by atoms with van der Waals surface area (Å²) in [5.74, 6) is -1.60. The lowest BCUT2D eigenvalue weighted by Gasteiger charge is -2.25. The van der Waals surface area contributed by atoms with E-state index in [1.54, 1.807) is 6.92 Å². The Labute approximate surface area is 94.1 Å². The number of aliphatic carboxylic acids is 1. The predicted molar refractivity (Wildman–Crippen MR) is 56.6 cm³/mol. The van der Waals surface area contributed by atoms with Gasteiger partial charge in [0.15, 0.2) is 0 Å². The second kappa shape index (κ2) is 6.22. The molecular weight excluding hydrogens is 214 g/mol. The zero-order chi connectivity index (χ0) is 12.8. The van der Waals surface area contributed by atoms with Gasteiger partial charge in [-0.15, -0.1) is 0 Å². The summed E-state index contributed by atoms with van der Waals surface area (Å²) in [5.41, 5.74) is -1.03. The van der Waals surface area contributed by atoms with Crippen molar-refractivity contribution in [2.24, 2.45) is 5.41 Å². The number of hydrogen-bond donors (Lipinski definition) is 2. The number of ether oxygens (including phenoxy) is 2. The van der Waals surface area contributed by atoms with E-state index in [4.69, 9.17) is 15.3 Å². The van der Waals surface area contributed by atoms with Gasteiger partial charge >= 0.3 is 11.9 Å². The third kappa shape index (κ3) is 4.39. The van der Waals surface area contributed by atoms with Crippen molar-refractivity contribution in [2.45, 2.75) is 19.8 Å². The van der Waals surface area contributed by atoms with Crippen LogP contribution >= 0.6 is 0 Å². The Bertz CT molecular complexity index is 289. The highest BCUT2D eigenvalue weighted by atomic mass is 16.5. The number of rotatable bonds is 7. The Balaban J connectivity index is 4.61. The number of nitrogens with one attached hydrogen (secondary N) is 1. The summed E-state index contributed by atoms with van der Waals surface area (Å²) in [4.78, 5) is 21.9. The molecule has 0 spiro atoms. The standard InChI is InChI=1S/C10H17NO5/c1-10(6-15-2,9(14)16-3)5-7(11)4-8(12)13/h11H,4-6H2,1-3H3,(H,12,13). The number of carboxylic acid groups (broad SMARTS) is 1. The summed E-state index contributed by atoms with van der Waals surface area (Å²) in [6.45, 7) is 1.67. The molecule has 0 fully saturated rings. The van der Waals surface area contributed by atoms with Crippen LogP contribution in [0, 0.1) is 10.8 Å². The lowest BCUT2D eigenvalue weighted by atomic mass is 9.85. The Hall–Kier alpha value is -1.43. The van der Waals surface area contributed by atoms with Gasteiger partial charge in [0, 0.05) is 19.2 Å². The minimum atomic E-state index is -1.09. The quantitative estimate of drug-likeness (QED) is 0.496. The van der Waals surface area contributed by atoms with E-state index in [0.29, 0.717) is 0 Å². The highest BCUT2D eigenvalue weighted by molar-refractivity contribution is 5.98. The molecule has 0 saturated carbocycles. The molecule has 2 N–H and O–H groups in total. The summed E-state index contributed by atoms with van der Waals surface area (Å²) in [6, 6.07) is 0. The van der Waals surface area contributed by atoms with Crippen LogP contribution in [0.1, 0.15) is 19.8 Å². The molecule has 0 aromatic heterocycles. The number of methoxy groups -OCH3 is 2. The molecule has 0 aromatic carbocycles. The lowest BCUT2D eigenvalue weighted by Crippen LogP contribution is -2.36. The molecular formula is C10H17NO5. The Morgan fingerprint density at radius 1 is 1.38 bits per heavy atom. The van der Waals surface area contributed by atoms with E-state index in [9.17, 15) is 9.59 Å². The molecule has 0 amide bonds. The minimum absolute atomic E-state index is 0.0137. The lowest BCUT2D eigenvalue weighted by molar-refractivity contribution is -0.154. The molecule has 0 radical (unpaired) electrons. The largest absolute Gasteiger partial charge is 0.481 e. The van der Waals surface area contributed by atoms with Gasteiger partial charge in [-0.25, -0.2) is 0 Å². The maximum Gasteiger partial charge on any atom is 0.314 e. The molecule has 0 aromatic rings. The summed E-state index contributed by atoms with van der Waals surface area (Å²) >= 11 is 0. The van der Waals surface area contributed by atoms with Crippen molar-refractivity contribution in [2.75, 3.05) is 20.8 Å². The van der Waals surface area contributed by atoms with Gasteiger partial charge in [0.05, 0.1) is 25.6 Å². The van der Waals surface area contributed by atoms with E-state index in [2.05, 4.69) is 4.74 Å². The van der Waals surface area contributed by atoms with Crippen molar-refractivity contribution >= 4 is 17.7 Å². The first-order valence-corrected chi connectivity index (χ1v) is 4.71. The summed E-state index contributed by atoms with van der Waals surface area (Å²) in [5, 5.41) is 16.0. The fraction of sp³-hybridized carbons (Fsp3) is 0.700. The van der Waals surface area contributed by atoms with E-state index >= 15 is 0 Å². The third-order valence-corrected chi connectivity index (χ3v) is 2.11. The van der Waals surface area contributed by atoms with Crippen LogP contribution in [0.2, 0.25) is 0 Å². The molecule has 92 valence electrons. The van der Waals surface area contributed by atoms with Crippen molar-refractivity contribution in [1.29, 1.82) is 5.41 Å². The maximum absolute atomic E-state index is 11.5. The predicted octanol–water partition coefficient (Wildman–Crippen LogP) is 0.697. The number of carboxylic acids is 1. The molecule has 0 aliphatic carbocycles. The molecule has 0 aliphatic heterocycles. The van der Waals surface area contributed by atoms with Crippen LogP contribution < -0.4 is 0 Å². The van der Waals surface area contributed by atoms with Crippen LogP contribution in [0.5, 0.6) is 0 Å². The minimum Gasteiger partial charge on any atom is -0.481 e. The number of esters is 1. The fourth-order valence-electron chi connectivity index (χ4n) is 1.46. The van der Waals surface area contributed by atoms with Gasteiger partial charge < -0.3 is 20.0 Å². The summed E-state index contributed by atoms with van der Waals surface area (Å²) < 4.78 is 9.50. The van der Waals surface area contributed by atoms with Gasteiger partial charge in [-0.1, -0.05) is 0 Å². The fourth-order valence-corrected chi connectivity index (χ4v) is 1.46. The van der Waals surface area contributed by atoms with Crippen molar-refractivity contribution < 1.29 is 24.2 Å². The molecule has 1 unspecified atom stereocenters. The van der Waals surface area contributed by atoms with Gasteiger partial charge in [0.2, 0.25) is 0 Å². The first-order chi connectivity index (χ1) is 7.35. The number of carbonyl (C=O) groups excluding carboxylic acids is 1. The van der Waals surface area contributed by atoms with Gasteiger partial charge in [-0.05, 0) is 6.92 Å². The van der Waals surface area contributed by atoms with Crippen molar-refractivity contribution in [1.82, 2.24) is 0 Å². The molecule has 16 heavy (non-hydrogen) atoms.